The highest BCUT2D eigenvalue weighted by Gasteiger charge is 2.44. The highest BCUT2D eigenvalue weighted by atomic mass is 35.5. The summed E-state index contributed by atoms with van der Waals surface area (Å²) in [7, 11) is 0. The molecule has 2 aromatic heterocycles. The zero-order valence-corrected chi connectivity index (χ0v) is 20.0. The van der Waals surface area contributed by atoms with Crippen LogP contribution in [0.1, 0.15) is 31.9 Å². The van der Waals surface area contributed by atoms with Crippen LogP contribution in [0.3, 0.4) is 0 Å². The van der Waals surface area contributed by atoms with Gasteiger partial charge in [0.2, 0.25) is 5.28 Å². The second kappa shape index (κ2) is 9.93. The first-order chi connectivity index (χ1) is 16.0. The number of ether oxygens (including phenoxy) is 1. The van der Waals surface area contributed by atoms with Crippen LogP contribution >= 0.6 is 35.0 Å². The quantitative estimate of drug-likeness (QED) is 0.339. The van der Waals surface area contributed by atoms with Crippen molar-refractivity contribution in [2.75, 3.05) is 11.2 Å². The Morgan fingerprint density at radius 3 is 2.55 bits per heavy atom. The Morgan fingerprint density at radius 2 is 1.85 bits per heavy atom. The lowest BCUT2D eigenvalue weighted by Crippen LogP contribution is -2.32. The number of benzene rings is 1. The van der Waals surface area contributed by atoms with Gasteiger partial charge in [0.1, 0.15) is 18.3 Å². The van der Waals surface area contributed by atoms with Gasteiger partial charge in [0.15, 0.2) is 23.2 Å². The highest BCUT2D eigenvalue weighted by molar-refractivity contribution is 8.00. The zero-order valence-electron chi connectivity index (χ0n) is 17.7. The standard InChI is InChI=1S/C22H25Cl2N5O3S/c23-10-15-17(30)18(31)21(32-15)29-11-25-16-19(27-22(24)28-20(16)29)26-12-6-8-14(9-7-12)33-13-4-2-1-3-5-13/h1-5,11-12,14-15,17-18,21,30-31H,6-10H2,(H,26,27,28)/t12?,14?,15-,17?,18?,21-/m1/s1. The lowest BCUT2D eigenvalue weighted by Gasteiger charge is -2.29. The predicted molar refractivity (Wildman–Crippen MR) is 129 cm³/mol. The van der Waals surface area contributed by atoms with E-state index in [1.54, 1.807) is 4.57 Å². The van der Waals surface area contributed by atoms with Crippen molar-refractivity contribution < 1.29 is 14.9 Å². The maximum Gasteiger partial charge on any atom is 0.226 e. The number of aliphatic hydroxyl groups is 2. The summed E-state index contributed by atoms with van der Waals surface area (Å²) >= 11 is 14.0. The molecule has 1 saturated carbocycles. The first-order valence-corrected chi connectivity index (χ1v) is 12.8. The number of hydrogen-bond donors (Lipinski definition) is 3. The smallest absolute Gasteiger partial charge is 0.226 e. The van der Waals surface area contributed by atoms with Crippen LogP contribution in [0.25, 0.3) is 11.2 Å². The summed E-state index contributed by atoms with van der Waals surface area (Å²) in [6.45, 7) is 0. The molecular formula is C22H25Cl2N5O3S. The molecule has 1 aromatic carbocycles. The third-order valence-electron chi connectivity index (χ3n) is 6.22. The van der Waals surface area contributed by atoms with E-state index >= 15 is 0 Å². The highest BCUT2D eigenvalue weighted by Crippen LogP contribution is 2.36. The third-order valence-corrected chi connectivity index (χ3v) is 8.04. The number of rotatable bonds is 6. The molecule has 33 heavy (non-hydrogen) atoms. The molecule has 0 bridgehead atoms. The summed E-state index contributed by atoms with van der Waals surface area (Å²) in [5.41, 5.74) is 0.970. The molecule has 2 fully saturated rings. The Hall–Kier alpha value is -1.62. The predicted octanol–water partition coefficient (Wildman–Crippen LogP) is 3.85. The molecule has 3 aromatic rings. The Kier molecular flexibility index (Phi) is 6.96. The molecule has 8 nitrogen and oxygen atoms in total. The molecule has 1 saturated heterocycles. The van der Waals surface area contributed by atoms with Gasteiger partial charge in [0, 0.05) is 16.2 Å². The maximum absolute atomic E-state index is 10.4. The van der Waals surface area contributed by atoms with Crippen molar-refractivity contribution in [1.29, 1.82) is 0 Å². The topological polar surface area (TPSA) is 105 Å². The van der Waals surface area contributed by atoms with E-state index in [0.717, 1.165) is 25.7 Å². The van der Waals surface area contributed by atoms with Gasteiger partial charge in [-0.3, -0.25) is 4.57 Å². The van der Waals surface area contributed by atoms with E-state index in [1.165, 1.54) is 11.2 Å². The molecule has 5 rings (SSSR count). The van der Waals surface area contributed by atoms with E-state index in [0.29, 0.717) is 22.2 Å². The second-order valence-corrected chi connectivity index (χ2v) is 10.4. The minimum atomic E-state index is -1.16. The molecule has 0 amide bonds. The van der Waals surface area contributed by atoms with E-state index in [9.17, 15) is 10.2 Å². The van der Waals surface area contributed by atoms with Crippen molar-refractivity contribution in [2.24, 2.45) is 0 Å². The molecule has 3 N–H and O–H groups in total. The largest absolute Gasteiger partial charge is 0.387 e. The molecule has 0 spiro atoms. The normalized spacial score (nSPS) is 30.1. The SMILES string of the molecule is OC1C(O)[C@@H](CCl)O[C@H]1n1cnc2c(NC3CCC(Sc4ccccc4)CC3)nc(Cl)nc21. The van der Waals surface area contributed by atoms with Crippen LogP contribution in [-0.2, 0) is 4.74 Å². The molecular weight excluding hydrogens is 485 g/mol. The number of hydrogen-bond acceptors (Lipinski definition) is 8. The second-order valence-electron chi connectivity index (χ2n) is 8.41. The Bertz CT molecular complexity index is 1100. The lowest BCUT2D eigenvalue weighted by molar-refractivity contribution is -0.0291. The first kappa shape index (κ1) is 23.1. The fraction of sp³-hybridized carbons (Fsp3) is 0.500. The van der Waals surface area contributed by atoms with Crippen molar-refractivity contribution in [3.05, 3.63) is 41.9 Å². The van der Waals surface area contributed by atoms with Gasteiger partial charge >= 0.3 is 0 Å². The fourth-order valence-electron chi connectivity index (χ4n) is 4.47. The van der Waals surface area contributed by atoms with Gasteiger partial charge < -0.3 is 20.3 Å². The van der Waals surface area contributed by atoms with Crippen molar-refractivity contribution in [3.8, 4) is 0 Å². The van der Waals surface area contributed by atoms with Gasteiger partial charge in [-0.1, -0.05) is 18.2 Å². The van der Waals surface area contributed by atoms with Crippen molar-refractivity contribution in [3.63, 3.8) is 0 Å². The molecule has 3 heterocycles. The van der Waals surface area contributed by atoms with Crippen LogP contribution < -0.4 is 5.32 Å². The summed E-state index contributed by atoms with van der Waals surface area (Å²) in [5, 5.41) is 24.8. The van der Waals surface area contributed by atoms with Crippen LogP contribution in [0.5, 0.6) is 0 Å². The average Bonchev–Trinajstić information content (AvgIpc) is 3.36. The fourth-order valence-corrected chi connectivity index (χ4v) is 6.10. The number of aromatic nitrogens is 4. The van der Waals surface area contributed by atoms with E-state index < -0.39 is 24.5 Å². The maximum atomic E-state index is 10.4. The number of alkyl halides is 1. The number of aliphatic hydroxyl groups excluding tert-OH is 2. The number of thioether (sulfide) groups is 1. The van der Waals surface area contributed by atoms with E-state index in [4.69, 9.17) is 27.9 Å². The van der Waals surface area contributed by atoms with Crippen molar-refractivity contribution in [1.82, 2.24) is 19.5 Å². The summed E-state index contributed by atoms with van der Waals surface area (Å²) < 4.78 is 7.31. The van der Waals surface area contributed by atoms with E-state index in [2.05, 4.69) is 44.5 Å². The number of nitrogens with one attached hydrogen (secondary N) is 1. The molecule has 176 valence electrons. The van der Waals surface area contributed by atoms with Crippen molar-refractivity contribution >= 4 is 51.9 Å². The zero-order chi connectivity index (χ0) is 22.9. The van der Waals surface area contributed by atoms with Gasteiger partial charge in [0.05, 0.1) is 12.2 Å². The van der Waals surface area contributed by atoms with Crippen molar-refractivity contribution in [2.45, 2.75) is 66.4 Å². The molecule has 11 heteroatoms. The lowest BCUT2D eigenvalue weighted by atomic mass is 9.95. The van der Waals surface area contributed by atoms with E-state index in [-0.39, 0.29) is 17.2 Å². The van der Waals surface area contributed by atoms with Gasteiger partial charge in [-0.25, -0.2) is 4.98 Å². The van der Waals surface area contributed by atoms with Crippen LogP contribution in [0.15, 0.2) is 41.6 Å². The van der Waals surface area contributed by atoms with Gasteiger partial charge in [-0.05, 0) is 49.4 Å². The molecule has 1 aliphatic carbocycles. The first-order valence-electron chi connectivity index (χ1n) is 11.0. The van der Waals surface area contributed by atoms with Gasteiger partial charge in [0.25, 0.3) is 0 Å². The molecule has 2 aliphatic rings. The minimum absolute atomic E-state index is 0.0646. The molecule has 1 aliphatic heterocycles. The summed E-state index contributed by atoms with van der Waals surface area (Å²) in [4.78, 5) is 14.4. The minimum Gasteiger partial charge on any atom is -0.387 e. The number of imidazole rings is 1. The molecule has 2 unspecified atom stereocenters. The number of fused-ring (bicyclic) bond motifs is 1. The van der Waals surface area contributed by atoms with Crippen LogP contribution in [-0.4, -0.2) is 65.2 Å². The monoisotopic (exact) mass is 509 g/mol. The van der Waals surface area contributed by atoms with Gasteiger partial charge in [-0.2, -0.15) is 9.97 Å². The van der Waals surface area contributed by atoms with Crippen LogP contribution in [0, 0.1) is 0 Å². The average molecular weight is 510 g/mol. The summed E-state index contributed by atoms with van der Waals surface area (Å²) in [5.74, 6) is 0.625. The summed E-state index contributed by atoms with van der Waals surface area (Å²) in [6, 6.07) is 10.8. The number of halogens is 2. The Labute approximate surface area is 205 Å². The van der Waals surface area contributed by atoms with Gasteiger partial charge in [-0.15, -0.1) is 23.4 Å². The Balaban J connectivity index is 1.30. The van der Waals surface area contributed by atoms with Crippen LogP contribution in [0.4, 0.5) is 5.82 Å². The Morgan fingerprint density at radius 1 is 1.09 bits per heavy atom. The summed E-state index contributed by atoms with van der Waals surface area (Å²) in [6.07, 6.45) is 1.97. The van der Waals surface area contributed by atoms with Crippen LogP contribution in [0.2, 0.25) is 5.28 Å². The number of nitrogens with zero attached hydrogens (tertiary/aromatic N) is 4. The molecule has 0 radical (unpaired) electrons. The molecule has 4 atom stereocenters. The third kappa shape index (κ3) is 4.80. The number of anilines is 1. The van der Waals surface area contributed by atoms with E-state index in [1.807, 2.05) is 17.8 Å².